The molecule has 3 unspecified atom stereocenters. The van der Waals surface area contributed by atoms with E-state index < -0.39 is 0 Å². The smallest absolute Gasteiger partial charge is 0.226 e. The van der Waals surface area contributed by atoms with E-state index in [1.807, 2.05) is 4.90 Å². The first kappa shape index (κ1) is 8.98. The van der Waals surface area contributed by atoms with Crippen molar-refractivity contribution in [2.75, 3.05) is 26.3 Å². The number of ether oxygens (including phenoxy) is 1. The molecule has 14 heavy (non-hydrogen) atoms. The standard InChI is InChI=1S/C10H14ClNO2/c11-6-1-2-12(3-6)10(13)9-7-4-14-5-8(7)9/h6-9H,1-5H2. The molecule has 1 saturated carbocycles. The number of amides is 1. The molecule has 3 aliphatic rings. The maximum atomic E-state index is 12.0. The number of carbonyl (C=O) groups is 1. The Balaban J connectivity index is 1.61. The van der Waals surface area contributed by atoms with E-state index in [2.05, 4.69) is 0 Å². The Bertz CT molecular complexity index is 257. The van der Waals surface area contributed by atoms with Gasteiger partial charge in [0.1, 0.15) is 0 Å². The number of rotatable bonds is 1. The average Bonchev–Trinajstić information content (AvgIpc) is 2.56. The van der Waals surface area contributed by atoms with E-state index in [0.29, 0.717) is 17.7 Å². The molecule has 3 fully saturated rings. The van der Waals surface area contributed by atoms with E-state index in [1.54, 1.807) is 0 Å². The molecule has 4 heteroatoms. The zero-order valence-electron chi connectivity index (χ0n) is 7.99. The van der Waals surface area contributed by atoms with Crippen molar-refractivity contribution < 1.29 is 9.53 Å². The largest absolute Gasteiger partial charge is 0.381 e. The molecule has 0 bridgehead atoms. The minimum Gasteiger partial charge on any atom is -0.381 e. The number of fused-ring (bicyclic) bond motifs is 1. The Kier molecular flexibility index (Phi) is 1.99. The molecule has 2 heterocycles. The average molecular weight is 216 g/mol. The van der Waals surface area contributed by atoms with Crippen LogP contribution in [0.1, 0.15) is 6.42 Å². The van der Waals surface area contributed by atoms with Crippen LogP contribution in [0.5, 0.6) is 0 Å². The van der Waals surface area contributed by atoms with Crippen molar-refractivity contribution in [3.8, 4) is 0 Å². The van der Waals surface area contributed by atoms with E-state index in [-0.39, 0.29) is 11.3 Å². The third-order valence-electron chi connectivity index (χ3n) is 3.68. The van der Waals surface area contributed by atoms with Crippen molar-refractivity contribution in [3.63, 3.8) is 0 Å². The molecule has 3 rings (SSSR count). The summed E-state index contributed by atoms with van der Waals surface area (Å²) in [4.78, 5) is 13.9. The molecule has 2 saturated heterocycles. The lowest BCUT2D eigenvalue weighted by molar-refractivity contribution is -0.132. The summed E-state index contributed by atoms with van der Waals surface area (Å²) in [6, 6.07) is 0. The van der Waals surface area contributed by atoms with E-state index in [0.717, 1.165) is 32.7 Å². The van der Waals surface area contributed by atoms with Gasteiger partial charge in [0.15, 0.2) is 0 Å². The Morgan fingerprint density at radius 3 is 2.64 bits per heavy atom. The molecule has 3 atom stereocenters. The summed E-state index contributed by atoms with van der Waals surface area (Å²) in [5.41, 5.74) is 0. The first-order chi connectivity index (χ1) is 6.77. The highest BCUT2D eigenvalue weighted by atomic mass is 35.5. The summed E-state index contributed by atoms with van der Waals surface area (Å²) in [5.74, 6) is 1.64. The van der Waals surface area contributed by atoms with Crippen LogP contribution in [0.15, 0.2) is 0 Å². The maximum Gasteiger partial charge on any atom is 0.226 e. The molecule has 1 amide bonds. The van der Waals surface area contributed by atoms with E-state index in [1.165, 1.54) is 0 Å². The van der Waals surface area contributed by atoms with Crippen LogP contribution in [0.25, 0.3) is 0 Å². The van der Waals surface area contributed by atoms with Crippen molar-refractivity contribution in [1.82, 2.24) is 4.90 Å². The summed E-state index contributed by atoms with van der Waals surface area (Å²) in [5, 5.41) is 0.175. The van der Waals surface area contributed by atoms with Gasteiger partial charge in [-0.25, -0.2) is 0 Å². The van der Waals surface area contributed by atoms with Gasteiger partial charge in [0.25, 0.3) is 0 Å². The molecule has 0 N–H and O–H groups in total. The van der Waals surface area contributed by atoms with Gasteiger partial charge >= 0.3 is 0 Å². The minimum absolute atomic E-state index is 0.175. The van der Waals surface area contributed by atoms with Crippen LogP contribution in [-0.4, -0.2) is 42.5 Å². The fraction of sp³-hybridized carbons (Fsp3) is 0.900. The van der Waals surface area contributed by atoms with Gasteiger partial charge in [-0.3, -0.25) is 4.79 Å². The second-order valence-electron chi connectivity index (χ2n) is 4.56. The molecule has 1 aliphatic carbocycles. The van der Waals surface area contributed by atoms with Crippen molar-refractivity contribution >= 4 is 17.5 Å². The highest BCUT2D eigenvalue weighted by molar-refractivity contribution is 6.21. The predicted octanol–water partition coefficient (Wildman–Crippen LogP) is 0.718. The van der Waals surface area contributed by atoms with Crippen LogP contribution < -0.4 is 0 Å². The lowest BCUT2D eigenvalue weighted by Crippen LogP contribution is -2.32. The minimum atomic E-state index is 0.175. The summed E-state index contributed by atoms with van der Waals surface area (Å²) in [6.07, 6.45) is 0.950. The second-order valence-corrected chi connectivity index (χ2v) is 5.18. The number of likely N-dealkylation sites (tertiary alicyclic amines) is 1. The van der Waals surface area contributed by atoms with E-state index in [9.17, 15) is 4.79 Å². The highest BCUT2D eigenvalue weighted by Crippen LogP contribution is 2.51. The highest BCUT2D eigenvalue weighted by Gasteiger charge is 2.59. The Labute approximate surface area is 88.3 Å². The molecule has 2 aliphatic heterocycles. The molecule has 0 aromatic rings. The van der Waals surface area contributed by atoms with Crippen molar-refractivity contribution in [2.45, 2.75) is 11.8 Å². The normalized spacial score (nSPS) is 45.4. The van der Waals surface area contributed by atoms with Gasteiger partial charge in [0, 0.05) is 19.0 Å². The number of nitrogens with zero attached hydrogens (tertiary/aromatic N) is 1. The van der Waals surface area contributed by atoms with Crippen LogP contribution >= 0.6 is 11.6 Å². The predicted molar refractivity (Wildman–Crippen MR) is 52.1 cm³/mol. The summed E-state index contributed by atoms with van der Waals surface area (Å²) >= 11 is 5.98. The zero-order valence-corrected chi connectivity index (χ0v) is 8.74. The van der Waals surface area contributed by atoms with Gasteiger partial charge in [-0.05, 0) is 18.3 Å². The number of halogens is 1. The monoisotopic (exact) mass is 215 g/mol. The van der Waals surface area contributed by atoms with Gasteiger partial charge in [0.05, 0.1) is 18.6 Å². The van der Waals surface area contributed by atoms with Gasteiger partial charge in [-0.2, -0.15) is 0 Å². The number of hydrogen-bond acceptors (Lipinski definition) is 2. The fourth-order valence-electron chi connectivity index (χ4n) is 2.73. The molecule has 0 aromatic carbocycles. The molecule has 0 spiro atoms. The number of hydrogen-bond donors (Lipinski definition) is 0. The van der Waals surface area contributed by atoms with Gasteiger partial charge < -0.3 is 9.64 Å². The summed E-state index contributed by atoms with van der Waals surface area (Å²) < 4.78 is 5.27. The Morgan fingerprint density at radius 2 is 2.07 bits per heavy atom. The third kappa shape index (κ3) is 1.26. The number of carbonyl (C=O) groups excluding carboxylic acids is 1. The summed E-state index contributed by atoms with van der Waals surface area (Å²) in [7, 11) is 0. The Hall–Kier alpha value is -0.280. The fourth-order valence-corrected chi connectivity index (χ4v) is 3.00. The van der Waals surface area contributed by atoms with Crippen LogP contribution in [0.2, 0.25) is 0 Å². The molecule has 0 aromatic heterocycles. The van der Waals surface area contributed by atoms with Crippen LogP contribution in [0.3, 0.4) is 0 Å². The summed E-state index contributed by atoms with van der Waals surface area (Å²) in [6.45, 7) is 3.18. The van der Waals surface area contributed by atoms with E-state index >= 15 is 0 Å². The van der Waals surface area contributed by atoms with Crippen molar-refractivity contribution in [2.24, 2.45) is 17.8 Å². The molecule has 3 nitrogen and oxygen atoms in total. The molecular weight excluding hydrogens is 202 g/mol. The topological polar surface area (TPSA) is 29.5 Å². The zero-order chi connectivity index (χ0) is 9.71. The molecule has 78 valence electrons. The quantitative estimate of drug-likeness (QED) is 0.604. The second kappa shape index (κ2) is 3.11. The first-order valence-electron chi connectivity index (χ1n) is 5.28. The first-order valence-corrected chi connectivity index (χ1v) is 5.71. The van der Waals surface area contributed by atoms with Crippen molar-refractivity contribution in [3.05, 3.63) is 0 Å². The molecular formula is C10H14ClNO2. The van der Waals surface area contributed by atoms with Crippen LogP contribution in [0.4, 0.5) is 0 Å². The Morgan fingerprint density at radius 1 is 1.36 bits per heavy atom. The third-order valence-corrected chi connectivity index (χ3v) is 4.04. The van der Waals surface area contributed by atoms with Crippen molar-refractivity contribution in [1.29, 1.82) is 0 Å². The lowest BCUT2D eigenvalue weighted by Gasteiger charge is -2.16. The van der Waals surface area contributed by atoms with Crippen LogP contribution in [0, 0.1) is 17.8 Å². The number of alkyl halides is 1. The maximum absolute atomic E-state index is 12.0. The van der Waals surface area contributed by atoms with Gasteiger partial charge in [-0.1, -0.05) is 0 Å². The van der Waals surface area contributed by atoms with Crippen LogP contribution in [-0.2, 0) is 9.53 Å². The van der Waals surface area contributed by atoms with E-state index in [4.69, 9.17) is 16.3 Å². The van der Waals surface area contributed by atoms with Gasteiger partial charge in [-0.15, -0.1) is 11.6 Å². The SMILES string of the molecule is O=C(C1C2COCC21)N1CCC(Cl)C1. The van der Waals surface area contributed by atoms with Gasteiger partial charge in [0.2, 0.25) is 5.91 Å². The molecule has 0 radical (unpaired) electrons. The lowest BCUT2D eigenvalue weighted by atomic mass is 10.2.